The molecule has 1 heterocycles. The Kier molecular flexibility index (Phi) is 7.26. The van der Waals surface area contributed by atoms with Crippen LogP contribution in [0.5, 0.6) is 5.75 Å². The number of morpholine rings is 1. The minimum absolute atomic E-state index is 0.0339. The predicted molar refractivity (Wildman–Crippen MR) is 100 cm³/mol. The van der Waals surface area contributed by atoms with Crippen LogP contribution in [0.2, 0.25) is 0 Å². The van der Waals surface area contributed by atoms with E-state index >= 15 is 0 Å². The SMILES string of the molecule is Cc1cc(C)c(C)c(OCC(=O)NCC2CN(CC(C)C)CCO2)c1. The maximum Gasteiger partial charge on any atom is 0.258 e. The molecule has 1 amide bonds. The van der Waals surface area contributed by atoms with Crippen molar-refractivity contribution in [1.29, 1.82) is 0 Å². The van der Waals surface area contributed by atoms with Gasteiger partial charge in [-0.2, -0.15) is 0 Å². The van der Waals surface area contributed by atoms with Crippen molar-refractivity contribution in [3.63, 3.8) is 0 Å². The smallest absolute Gasteiger partial charge is 0.258 e. The van der Waals surface area contributed by atoms with Crippen LogP contribution in [0.4, 0.5) is 0 Å². The summed E-state index contributed by atoms with van der Waals surface area (Å²) in [5, 5.41) is 2.93. The molecule has 1 saturated heterocycles. The molecule has 5 nitrogen and oxygen atoms in total. The average molecular weight is 348 g/mol. The molecule has 1 aliphatic rings. The number of aryl methyl sites for hydroxylation is 2. The van der Waals surface area contributed by atoms with Crippen molar-refractivity contribution in [2.75, 3.05) is 39.4 Å². The summed E-state index contributed by atoms with van der Waals surface area (Å²) in [4.78, 5) is 14.5. The normalized spacial score (nSPS) is 18.4. The van der Waals surface area contributed by atoms with E-state index in [2.05, 4.69) is 37.1 Å². The molecule has 2 rings (SSSR count). The lowest BCUT2D eigenvalue weighted by Crippen LogP contribution is -2.48. The van der Waals surface area contributed by atoms with Crippen LogP contribution in [0.25, 0.3) is 0 Å². The summed E-state index contributed by atoms with van der Waals surface area (Å²) in [7, 11) is 0. The standard InChI is InChI=1S/C20H32N2O3/c1-14(2)11-22-6-7-24-18(12-22)10-21-20(23)13-25-19-9-15(3)8-16(4)17(19)5/h8-9,14,18H,6-7,10-13H2,1-5H3,(H,21,23). The summed E-state index contributed by atoms with van der Waals surface area (Å²) in [5.41, 5.74) is 3.40. The summed E-state index contributed by atoms with van der Waals surface area (Å²) in [6, 6.07) is 4.09. The Morgan fingerprint density at radius 1 is 1.36 bits per heavy atom. The van der Waals surface area contributed by atoms with Gasteiger partial charge in [0.25, 0.3) is 5.91 Å². The summed E-state index contributed by atoms with van der Waals surface area (Å²) >= 11 is 0. The molecule has 0 aliphatic carbocycles. The van der Waals surface area contributed by atoms with E-state index in [1.807, 2.05) is 19.9 Å². The van der Waals surface area contributed by atoms with Crippen molar-refractivity contribution in [2.24, 2.45) is 5.92 Å². The maximum absolute atomic E-state index is 12.1. The molecule has 140 valence electrons. The van der Waals surface area contributed by atoms with Gasteiger partial charge in [-0.05, 0) is 49.4 Å². The van der Waals surface area contributed by atoms with Crippen molar-refractivity contribution in [1.82, 2.24) is 10.2 Å². The molecule has 0 spiro atoms. The van der Waals surface area contributed by atoms with E-state index in [9.17, 15) is 4.79 Å². The van der Waals surface area contributed by atoms with E-state index in [0.29, 0.717) is 12.5 Å². The van der Waals surface area contributed by atoms with Gasteiger partial charge in [-0.1, -0.05) is 19.9 Å². The van der Waals surface area contributed by atoms with E-state index in [0.717, 1.165) is 43.1 Å². The molecule has 0 bridgehead atoms. The topological polar surface area (TPSA) is 50.8 Å². The lowest BCUT2D eigenvalue weighted by molar-refractivity contribution is -0.124. The Morgan fingerprint density at radius 3 is 2.84 bits per heavy atom. The Hall–Kier alpha value is -1.59. The van der Waals surface area contributed by atoms with E-state index < -0.39 is 0 Å². The van der Waals surface area contributed by atoms with E-state index in [1.165, 1.54) is 5.56 Å². The average Bonchev–Trinajstić information content (AvgIpc) is 2.54. The largest absolute Gasteiger partial charge is 0.483 e. The number of carbonyl (C=O) groups is 1. The number of ether oxygens (including phenoxy) is 2. The third-order valence-corrected chi connectivity index (χ3v) is 4.50. The number of hydrogen-bond acceptors (Lipinski definition) is 4. The maximum atomic E-state index is 12.1. The van der Waals surface area contributed by atoms with Gasteiger partial charge >= 0.3 is 0 Å². The minimum Gasteiger partial charge on any atom is -0.483 e. The molecule has 25 heavy (non-hydrogen) atoms. The zero-order chi connectivity index (χ0) is 18.4. The van der Waals surface area contributed by atoms with Gasteiger partial charge in [-0.15, -0.1) is 0 Å². The van der Waals surface area contributed by atoms with Crippen molar-refractivity contribution in [3.05, 3.63) is 28.8 Å². The highest BCUT2D eigenvalue weighted by molar-refractivity contribution is 5.77. The number of nitrogens with one attached hydrogen (secondary N) is 1. The fourth-order valence-corrected chi connectivity index (χ4v) is 3.16. The second kappa shape index (κ2) is 9.20. The first kappa shape index (κ1) is 19.7. The first-order valence-electron chi connectivity index (χ1n) is 9.16. The molecular weight excluding hydrogens is 316 g/mol. The zero-order valence-electron chi connectivity index (χ0n) is 16.2. The van der Waals surface area contributed by atoms with E-state index in [1.54, 1.807) is 0 Å². The third kappa shape index (κ3) is 6.33. The summed E-state index contributed by atoms with van der Waals surface area (Å²) in [6.07, 6.45) is 0.0550. The fourth-order valence-electron chi connectivity index (χ4n) is 3.16. The monoisotopic (exact) mass is 348 g/mol. The van der Waals surface area contributed by atoms with Crippen LogP contribution in [0.3, 0.4) is 0 Å². The number of hydrogen-bond donors (Lipinski definition) is 1. The van der Waals surface area contributed by atoms with Crippen LogP contribution < -0.4 is 10.1 Å². The van der Waals surface area contributed by atoms with Crippen LogP contribution in [-0.4, -0.2) is 56.3 Å². The molecule has 0 aromatic heterocycles. The van der Waals surface area contributed by atoms with Crippen molar-refractivity contribution < 1.29 is 14.3 Å². The van der Waals surface area contributed by atoms with E-state index in [-0.39, 0.29) is 18.6 Å². The number of benzene rings is 1. The molecule has 1 aromatic rings. The minimum atomic E-state index is -0.108. The molecule has 0 radical (unpaired) electrons. The predicted octanol–water partition coefficient (Wildman–Crippen LogP) is 2.46. The van der Waals surface area contributed by atoms with Crippen LogP contribution in [0.1, 0.15) is 30.5 Å². The highest BCUT2D eigenvalue weighted by Crippen LogP contribution is 2.23. The first-order chi connectivity index (χ1) is 11.8. The summed E-state index contributed by atoms with van der Waals surface area (Å²) < 4.78 is 11.5. The number of rotatable bonds is 7. The molecule has 1 atom stereocenters. The fraction of sp³-hybridized carbons (Fsp3) is 0.650. The van der Waals surface area contributed by atoms with Gasteiger partial charge in [0.15, 0.2) is 6.61 Å². The van der Waals surface area contributed by atoms with Crippen molar-refractivity contribution >= 4 is 5.91 Å². The van der Waals surface area contributed by atoms with Gasteiger partial charge in [-0.25, -0.2) is 0 Å². The Labute approximate surface area is 151 Å². The van der Waals surface area contributed by atoms with Gasteiger partial charge in [-0.3, -0.25) is 9.69 Å². The second-order valence-electron chi connectivity index (χ2n) is 7.44. The number of carbonyl (C=O) groups excluding carboxylic acids is 1. The van der Waals surface area contributed by atoms with Crippen LogP contribution in [0, 0.1) is 26.7 Å². The van der Waals surface area contributed by atoms with Gasteiger partial charge < -0.3 is 14.8 Å². The lowest BCUT2D eigenvalue weighted by atomic mass is 10.1. The summed E-state index contributed by atoms with van der Waals surface area (Å²) in [5.74, 6) is 1.32. The molecule has 1 fully saturated rings. The highest BCUT2D eigenvalue weighted by atomic mass is 16.5. The van der Waals surface area contributed by atoms with Crippen LogP contribution >= 0.6 is 0 Å². The van der Waals surface area contributed by atoms with Crippen LogP contribution in [0.15, 0.2) is 12.1 Å². The number of amides is 1. The second-order valence-corrected chi connectivity index (χ2v) is 7.44. The van der Waals surface area contributed by atoms with Crippen molar-refractivity contribution in [2.45, 2.75) is 40.7 Å². The zero-order valence-corrected chi connectivity index (χ0v) is 16.2. The van der Waals surface area contributed by atoms with Gasteiger partial charge in [0, 0.05) is 26.2 Å². The highest BCUT2D eigenvalue weighted by Gasteiger charge is 2.21. The quantitative estimate of drug-likeness (QED) is 0.822. The third-order valence-electron chi connectivity index (χ3n) is 4.50. The molecule has 1 aliphatic heterocycles. The molecule has 0 saturated carbocycles. The molecule has 1 N–H and O–H groups in total. The lowest BCUT2D eigenvalue weighted by Gasteiger charge is -2.33. The van der Waals surface area contributed by atoms with Crippen molar-refractivity contribution in [3.8, 4) is 5.75 Å². The number of nitrogens with zero attached hydrogens (tertiary/aromatic N) is 1. The first-order valence-corrected chi connectivity index (χ1v) is 9.16. The van der Waals surface area contributed by atoms with Gasteiger partial charge in [0.05, 0.1) is 12.7 Å². The molecule has 1 unspecified atom stereocenters. The summed E-state index contributed by atoms with van der Waals surface area (Å²) in [6.45, 7) is 14.7. The molecular formula is C20H32N2O3. The van der Waals surface area contributed by atoms with Crippen LogP contribution in [-0.2, 0) is 9.53 Å². The van der Waals surface area contributed by atoms with E-state index in [4.69, 9.17) is 9.47 Å². The van der Waals surface area contributed by atoms with Gasteiger partial charge in [0.1, 0.15) is 5.75 Å². The van der Waals surface area contributed by atoms with Gasteiger partial charge in [0.2, 0.25) is 0 Å². The molecule has 5 heteroatoms. The Bertz CT molecular complexity index is 587. The molecule has 1 aromatic carbocycles. The Morgan fingerprint density at radius 2 is 2.12 bits per heavy atom. The Balaban J connectivity index is 1.76.